The Labute approximate surface area is 155 Å². The summed E-state index contributed by atoms with van der Waals surface area (Å²) < 4.78 is 19.0. The van der Waals surface area contributed by atoms with E-state index in [-0.39, 0.29) is 30.9 Å². The summed E-state index contributed by atoms with van der Waals surface area (Å²) in [5, 5.41) is 12.3. The molecule has 0 saturated carbocycles. The molecule has 7 heteroatoms. The quantitative estimate of drug-likeness (QED) is 0.732. The van der Waals surface area contributed by atoms with E-state index in [4.69, 9.17) is 21.4 Å². The first-order valence-electron chi connectivity index (χ1n) is 7.98. The minimum Gasteiger partial charge on any atom is -0.494 e. The van der Waals surface area contributed by atoms with Gasteiger partial charge < -0.3 is 15.2 Å². The zero-order valence-corrected chi connectivity index (χ0v) is 14.9. The number of amides is 1. The number of carboxylic acid groups (broad SMARTS) is 1. The van der Waals surface area contributed by atoms with Crippen LogP contribution in [0.4, 0.5) is 4.39 Å². The van der Waals surface area contributed by atoms with E-state index in [2.05, 4.69) is 5.32 Å². The standard InChI is InChI=1S/C19H19ClFNO4/c1-26-16-4-2-3-13(19(16)21)7-10-17(23)22-15(11-18(24)25)12-5-8-14(20)9-6-12/h2-6,8-9,15H,7,10-11H2,1H3,(H,22,23)(H,24,25)/t15-/m0/s1. The van der Waals surface area contributed by atoms with E-state index in [0.29, 0.717) is 16.1 Å². The first kappa shape index (κ1) is 19.7. The molecule has 138 valence electrons. The molecule has 0 fully saturated rings. The van der Waals surface area contributed by atoms with Gasteiger partial charge in [0.1, 0.15) is 0 Å². The van der Waals surface area contributed by atoms with Crippen LogP contribution in [0.2, 0.25) is 5.02 Å². The molecule has 0 unspecified atom stereocenters. The molecular formula is C19H19ClFNO4. The molecule has 5 nitrogen and oxygen atoms in total. The molecular weight excluding hydrogens is 361 g/mol. The van der Waals surface area contributed by atoms with Crippen molar-refractivity contribution in [3.05, 3.63) is 64.4 Å². The summed E-state index contributed by atoms with van der Waals surface area (Å²) in [6.07, 6.45) is -0.0655. The topological polar surface area (TPSA) is 75.6 Å². The van der Waals surface area contributed by atoms with Crippen molar-refractivity contribution in [2.75, 3.05) is 7.11 Å². The van der Waals surface area contributed by atoms with E-state index in [9.17, 15) is 14.0 Å². The smallest absolute Gasteiger partial charge is 0.305 e. The number of hydrogen-bond acceptors (Lipinski definition) is 3. The summed E-state index contributed by atoms with van der Waals surface area (Å²) in [5.41, 5.74) is 0.999. The van der Waals surface area contributed by atoms with Gasteiger partial charge in [0.05, 0.1) is 19.6 Å². The molecule has 0 bridgehead atoms. The maximum Gasteiger partial charge on any atom is 0.305 e. The Morgan fingerprint density at radius 2 is 1.92 bits per heavy atom. The van der Waals surface area contributed by atoms with Crippen molar-refractivity contribution >= 4 is 23.5 Å². The van der Waals surface area contributed by atoms with Gasteiger partial charge in [-0.2, -0.15) is 0 Å². The van der Waals surface area contributed by atoms with Crippen LogP contribution in [0.15, 0.2) is 42.5 Å². The number of methoxy groups -OCH3 is 1. The van der Waals surface area contributed by atoms with E-state index in [1.807, 2.05) is 0 Å². The molecule has 0 aromatic heterocycles. The van der Waals surface area contributed by atoms with Crippen LogP contribution >= 0.6 is 11.6 Å². The first-order chi connectivity index (χ1) is 12.4. The fourth-order valence-corrected chi connectivity index (χ4v) is 2.67. The van der Waals surface area contributed by atoms with Crippen LogP contribution in [-0.4, -0.2) is 24.1 Å². The highest BCUT2D eigenvalue weighted by molar-refractivity contribution is 6.30. The van der Waals surface area contributed by atoms with E-state index in [1.165, 1.54) is 13.2 Å². The largest absolute Gasteiger partial charge is 0.494 e. The predicted molar refractivity (Wildman–Crippen MR) is 95.9 cm³/mol. The third-order valence-corrected chi connectivity index (χ3v) is 4.12. The number of benzene rings is 2. The summed E-state index contributed by atoms with van der Waals surface area (Å²) in [6.45, 7) is 0. The van der Waals surface area contributed by atoms with Crippen LogP contribution in [0.25, 0.3) is 0 Å². The van der Waals surface area contributed by atoms with Crippen LogP contribution in [0.3, 0.4) is 0 Å². The summed E-state index contributed by atoms with van der Waals surface area (Å²) in [5.74, 6) is -1.78. The monoisotopic (exact) mass is 379 g/mol. The minimum absolute atomic E-state index is 0.0216. The fourth-order valence-electron chi connectivity index (χ4n) is 2.54. The zero-order valence-electron chi connectivity index (χ0n) is 14.2. The highest BCUT2D eigenvalue weighted by Gasteiger charge is 2.18. The van der Waals surface area contributed by atoms with Gasteiger partial charge in [-0.3, -0.25) is 9.59 Å². The van der Waals surface area contributed by atoms with Gasteiger partial charge in [0.2, 0.25) is 5.91 Å². The Bertz CT molecular complexity index is 780. The summed E-state index contributed by atoms with van der Waals surface area (Å²) in [4.78, 5) is 23.3. The van der Waals surface area contributed by atoms with Gasteiger partial charge in [-0.25, -0.2) is 4.39 Å². The second-order valence-corrected chi connectivity index (χ2v) is 6.14. The van der Waals surface area contributed by atoms with Crippen LogP contribution in [0.5, 0.6) is 5.75 Å². The van der Waals surface area contributed by atoms with Gasteiger partial charge in [-0.05, 0) is 35.7 Å². The lowest BCUT2D eigenvalue weighted by Crippen LogP contribution is -2.30. The second kappa shape index (κ2) is 9.20. The van der Waals surface area contributed by atoms with Crippen LogP contribution in [0.1, 0.15) is 30.0 Å². The Morgan fingerprint density at radius 1 is 1.23 bits per heavy atom. The van der Waals surface area contributed by atoms with Gasteiger partial charge >= 0.3 is 5.97 Å². The first-order valence-corrected chi connectivity index (χ1v) is 8.36. The molecule has 0 aliphatic rings. The number of carbonyl (C=O) groups excluding carboxylic acids is 1. The van der Waals surface area contributed by atoms with E-state index < -0.39 is 17.8 Å². The number of rotatable bonds is 8. The van der Waals surface area contributed by atoms with Gasteiger partial charge in [0.15, 0.2) is 11.6 Å². The van der Waals surface area contributed by atoms with Gasteiger partial charge in [-0.1, -0.05) is 35.9 Å². The number of hydrogen-bond donors (Lipinski definition) is 2. The predicted octanol–water partition coefficient (Wildman–Crippen LogP) is 3.75. The highest BCUT2D eigenvalue weighted by Crippen LogP contribution is 2.22. The van der Waals surface area contributed by atoms with Gasteiger partial charge in [0, 0.05) is 11.4 Å². The number of halogens is 2. The van der Waals surface area contributed by atoms with Crippen molar-refractivity contribution in [3.63, 3.8) is 0 Å². The maximum atomic E-state index is 14.1. The maximum absolute atomic E-state index is 14.1. The SMILES string of the molecule is COc1cccc(CCC(=O)N[C@@H](CC(=O)O)c2ccc(Cl)cc2)c1F. The molecule has 1 amide bonds. The van der Waals surface area contributed by atoms with E-state index in [0.717, 1.165) is 0 Å². The Hall–Kier alpha value is -2.60. The number of aryl methyl sites for hydroxylation is 1. The van der Waals surface area contributed by atoms with E-state index >= 15 is 0 Å². The molecule has 26 heavy (non-hydrogen) atoms. The van der Waals surface area contributed by atoms with Crippen molar-refractivity contribution in [2.24, 2.45) is 0 Å². The molecule has 0 spiro atoms. The van der Waals surface area contributed by atoms with Crippen LogP contribution in [-0.2, 0) is 16.0 Å². The van der Waals surface area contributed by atoms with Gasteiger partial charge in [-0.15, -0.1) is 0 Å². The Kier molecular flexibility index (Phi) is 6.97. The molecule has 0 aliphatic carbocycles. The fraction of sp³-hybridized carbons (Fsp3) is 0.263. The number of carboxylic acids is 1. The van der Waals surface area contributed by atoms with Gasteiger partial charge in [0.25, 0.3) is 0 Å². The molecule has 2 N–H and O–H groups in total. The Morgan fingerprint density at radius 3 is 2.54 bits per heavy atom. The number of carbonyl (C=O) groups is 2. The number of aliphatic carboxylic acids is 1. The molecule has 0 saturated heterocycles. The molecule has 0 heterocycles. The average Bonchev–Trinajstić information content (AvgIpc) is 2.60. The van der Waals surface area contributed by atoms with Crippen LogP contribution in [0, 0.1) is 5.82 Å². The molecule has 2 rings (SSSR count). The third kappa shape index (κ3) is 5.46. The van der Waals surface area contributed by atoms with Crippen molar-refractivity contribution in [3.8, 4) is 5.75 Å². The zero-order chi connectivity index (χ0) is 19.1. The Balaban J connectivity index is 2.03. The summed E-state index contributed by atoms with van der Waals surface area (Å²) in [7, 11) is 1.37. The van der Waals surface area contributed by atoms with Crippen molar-refractivity contribution < 1.29 is 23.8 Å². The second-order valence-electron chi connectivity index (χ2n) is 5.70. The van der Waals surface area contributed by atoms with Crippen LogP contribution < -0.4 is 10.1 Å². The molecule has 1 atom stereocenters. The van der Waals surface area contributed by atoms with Crippen molar-refractivity contribution in [1.29, 1.82) is 0 Å². The van der Waals surface area contributed by atoms with Crippen molar-refractivity contribution in [2.45, 2.75) is 25.3 Å². The lowest BCUT2D eigenvalue weighted by molar-refractivity contribution is -0.137. The molecule has 0 radical (unpaired) electrons. The summed E-state index contributed by atoms with van der Waals surface area (Å²) in [6, 6.07) is 10.6. The number of nitrogens with one attached hydrogen (secondary N) is 1. The average molecular weight is 380 g/mol. The lowest BCUT2D eigenvalue weighted by atomic mass is 10.0. The van der Waals surface area contributed by atoms with E-state index in [1.54, 1.807) is 36.4 Å². The number of ether oxygens (including phenoxy) is 1. The third-order valence-electron chi connectivity index (χ3n) is 3.87. The lowest BCUT2D eigenvalue weighted by Gasteiger charge is -2.18. The highest BCUT2D eigenvalue weighted by atomic mass is 35.5. The molecule has 0 aliphatic heterocycles. The summed E-state index contributed by atoms with van der Waals surface area (Å²) >= 11 is 5.84. The molecule has 2 aromatic rings. The normalized spacial score (nSPS) is 11.7. The minimum atomic E-state index is -1.04. The molecule has 2 aromatic carbocycles. The van der Waals surface area contributed by atoms with Crippen molar-refractivity contribution in [1.82, 2.24) is 5.32 Å².